The molecule has 1 atom stereocenters. The van der Waals surface area contributed by atoms with Crippen molar-refractivity contribution in [3.8, 4) is 0 Å². The topological polar surface area (TPSA) is 92.3 Å². The van der Waals surface area contributed by atoms with E-state index in [1.165, 1.54) is 0 Å². The summed E-state index contributed by atoms with van der Waals surface area (Å²) in [4.78, 5) is 22.9. The summed E-state index contributed by atoms with van der Waals surface area (Å²) in [6.07, 6.45) is 0.372. The Balaban J connectivity index is 2.48. The van der Waals surface area contributed by atoms with Crippen molar-refractivity contribution in [1.82, 2.24) is 10.6 Å². The van der Waals surface area contributed by atoms with Crippen LogP contribution in [0.1, 0.15) is 27.2 Å². The Morgan fingerprint density at radius 2 is 1.76 bits per heavy atom. The van der Waals surface area contributed by atoms with E-state index in [-0.39, 0.29) is 11.5 Å². The standard InChI is InChI=1S/C10H18N2O4S/c1-10(2,3)12-9(14)8(13)11-7-4-5-17(15,16)6-7/h7H,4-6H2,1-3H3,(H,11,13)(H,12,14). The van der Waals surface area contributed by atoms with Crippen LogP contribution in [0, 0.1) is 0 Å². The Morgan fingerprint density at radius 1 is 1.18 bits per heavy atom. The summed E-state index contributed by atoms with van der Waals surface area (Å²) in [6, 6.07) is -0.446. The fraction of sp³-hybridized carbons (Fsp3) is 0.800. The maximum Gasteiger partial charge on any atom is 0.309 e. The van der Waals surface area contributed by atoms with Gasteiger partial charge < -0.3 is 10.6 Å². The van der Waals surface area contributed by atoms with Crippen molar-refractivity contribution >= 4 is 21.7 Å². The smallest absolute Gasteiger partial charge is 0.309 e. The first-order valence-corrected chi connectivity index (χ1v) is 7.25. The van der Waals surface area contributed by atoms with Crippen molar-refractivity contribution in [2.45, 2.75) is 38.8 Å². The zero-order valence-electron chi connectivity index (χ0n) is 10.2. The molecule has 7 heteroatoms. The quantitative estimate of drug-likeness (QED) is 0.605. The van der Waals surface area contributed by atoms with Gasteiger partial charge in [0, 0.05) is 11.6 Å². The zero-order valence-corrected chi connectivity index (χ0v) is 11.1. The fourth-order valence-electron chi connectivity index (χ4n) is 1.56. The van der Waals surface area contributed by atoms with Gasteiger partial charge in [-0.2, -0.15) is 0 Å². The zero-order chi connectivity index (χ0) is 13.3. The van der Waals surface area contributed by atoms with E-state index in [4.69, 9.17) is 0 Å². The van der Waals surface area contributed by atoms with Crippen LogP contribution in [0.2, 0.25) is 0 Å². The predicted octanol–water partition coefficient (Wildman–Crippen LogP) is -0.796. The minimum Gasteiger partial charge on any atom is -0.344 e. The van der Waals surface area contributed by atoms with Crippen molar-refractivity contribution < 1.29 is 18.0 Å². The van der Waals surface area contributed by atoms with E-state index < -0.39 is 33.2 Å². The number of hydrogen-bond donors (Lipinski definition) is 2. The SMILES string of the molecule is CC(C)(C)NC(=O)C(=O)NC1CCS(=O)(=O)C1. The number of carbonyl (C=O) groups is 2. The molecule has 1 aliphatic heterocycles. The third-order valence-electron chi connectivity index (χ3n) is 2.26. The molecule has 0 aromatic heterocycles. The van der Waals surface area contributed by atoms with E-state index in [2.05, 4.69) is 10.6 Å². The van der Waals surface area contributed by atoms with Gasteiger partial charge in [-0.3, -0.25) is 9.59 Å². The van der Waals surface area contributed by atoms with Gasteiger partial charge in [0.1, 0.15) is 0 Å². The third-order valence-corrected chi connectivity index (χ3v) is 4.03. The lowest BCUT2D eigenvalue weighted by Gasteiger charge is -2.20. The highest BCUT2D eigenvalue weighted by Crippen LogP contribution is 2.11. The van der Waals surface area contributed by atoms with Gasteiger partial charge in [-0.1, -0.05) is 0 Å². The van der Waals surface area contributed by atoms with Crippen LogP contribution < -0.4 is 10.6 Å². The molecule has 0 bridgehead atoms. The van der Waals surface area contributed by atoms with Crippen LogP contribution in [0.5, 0.6) is 0 Å². The molecule has 0 aromatic rings. The fourth-order valence-corrected chi connectivity index (χ4v) is 3.23. The largest absolute Gasteiger partial charge is 0.344 e. The highest BCUT2D eigenvalue weighted by molar-refractivity contribution is 7.91. The molecule has 6 nitrogen and oxygen atoms in total. The average Bonchev–Trinajstić information content (AvgIpc) is 2.42. The molecule has 2 N–H and O–H groups in total. The number of amides is 2. The number of rotatable bonds is 1. The summed E-state index contributed by atoms with van der Waals surface area (Å²) in [5, 5.41) is 4.94. The number of sulfone groups is 1. The van der Waals surface area contributed by atoms with Gasteiger partial charge in [0.25, 0.3) is 0 Å². The second kappa shape index (κ2) is 4.64. The van der Waals surface area contributed by atoms with Crippen LogP contribution in [-0.2, 0) is 19.4 Å². The van der Waals surface area contributed by atoms with E-state index in [0.29, 0.717) is 6.42 Å². The van der Waals surface area contributed by atoms with Gasteiger partial charge >= 0.3 is 11.8 Å². The van der Waals surface area contributed by atoms with Crippen LogP contribution in [0.15, 0.2) is 0 Å². The lowest BCUT2D eigenvalue weighted by atomic mass is 10.1. The predicted molar refractivity (Wildman–Crippen MR) is 63.1 cm³/mol. The molecule has 1 fully saturated rings. The van der Waals surface area contributed by atoms with Crippen LogP contribution in [0.3, 0.4) is 0 Å². The lowest BCUT2D eigenvalue weighted by molar-refractivity contribution is -0.140. The van der Waals surface area contributed by atoms with Crippen molar-refractivity contribution in [3.05, 3.63) is 0 Å². The summed E-state index contributed by atoms with van der Waals surface area (Å²) in [5.41, 5.74) is -0.490. The average molecular weight is 262 g/mol. The normalized spacial score (nSPS) is 23.1. The molecule has 1 unspecified atom stereocenters. The first kappa shape index (κ1) is 14.0. The van der Waals surface area contributed by atoms with Gasteiger partial charge in [0.15, 0.2) is 9.84 Å². The Hall–Kier alpha value is -1.11. The lowest BCUT2D eigenvalue weighted by Crippen LogP contribution is -2.50. The van der Waals surface area contributed by atoms with Crippen LogP contribution in [0.25, 0.3) is 0 Å². The molecule has 0 radical (unpaired) electrons. The minimum atomic E-state index is -3.05. The second-order valence-electron chi connectivity index (χ2n) is 5.28. The molecule has 17 heavy (non-hydrogen) atoms. The summed E-state index contributed by atoms with van der Waals surface area (Å²) < 4.78 is 22.3. The molecule has 0 saturated carbocycles. The Labute approximate surface area is 101 Å². The summed E-state index contributed by atoms with van der Waals surface area (Å²) in [6.45, 7) is 5.29. The van der Waals surface area contributed by atoms with E-state index >= 15 is 0 Å². The third kappa shape index (κ3) is 4.72. The summed E-state index contributed by atoms with van der Waals surface area (Å²) in [5.74, 6) is -1.52. The van der Waals surface area contributed by atoms with Crippen LogP contribution >= 0.6 is 0 Å². The van der Waals surface area contributed by atoms with Crippen molar-refractivity contribution in [3.63, 3.8) is 0 Å². The van der Waals surface area contributed by atoms with Crippen LogP contribution in [0.4, 0.5) is 0 Å². The molecular formula is C10H18N2O4S. The van der Waals surface area contributed by atoms with Gasteiger partial charge in [-0.05, 0) is 27.2 Å². The van der Waals surface area contributed by atoms with Gasteiger partial charge in [-0.15, -0.1) is 0 Å². The molecule has 1 heterocycles. The molecule has 0 aliphatic carbocycles. The minimum absolute atomic E-state index is 0.0683. The monoisotopic (exact) mass is 262 g/mol. The number of hydrogen-bond acceptors (Lipinski definition) is 4. The van der Waals surface area contributed by atoms with E-state index in [0.717, 1.165) is 0 Å². The Bertz CT molecular complexity index is 422. The number of carbonyl (C=O) groups excluding carboxylic acids is 2. The van der Waals surface area contributed by atoms with Gasteiger partial charge in [-0.25, -0.2) is 8.42 Å². The van der Waals surface area contributed by atoms with Crippen LogP contribution in [-0.4, -0.2) is 43.3 Å². The highest BCUT2D eigenvalue weighted by Gasteiger charge is 2.31. The second-order valence-corrected chi connectivity index (χ2v) is 7.51. The summed E-state index contributed by atoms with van der Waals surface area (Å²) in [7, 11) is -3.05. The van der Waals surface area contributed by atoms with E-state index in [9.17, 15) is 18.0 Å². The van der Waals surface area contributed by atoms with Crippen molar-refractivity contribution in [2.24, 2.45) is 0 Å². The highest BCUT2D eigenvalue weighted by atomic mass is 32.2. The summed E-state index contributed by atoms with van der Waals surface area (Å²) >= 11 is 0. The molecule has 2 amide bonds. The molecule has 1 rings (SSSR count). The number of nitrogens with one attached hydrogen (secondary N) is 2. The maximum absolute atomic E-state index is 11.5. The Morgan fingerprint density at radius 3 is 2.18 bits per heavy atom. The van der Waals surface area contributed by atoms with E-state index in [1.54, 1.807) is 20.8 Å². The van der Waals surface area contributed by atoms with Gasteiger partial charge in [0.2, 0.25) is 0 Å². The first-order chi connectivity index (χ1) is 7.59. The molecular weight excluding hydrogens is 244 g/mol. The van der Waals surface area contributed by atoms with Crippen molar-refractivity contribution in [2.75, 3.05) is 11.5 Å². The molecule has 1 aliphatic rings. The first-order valence-electron chi connectivity index (χ1n) is 5.42. The van der Waals surface area contributed by atoms with Crippen molar-refractivity contribution in [1.29, 1.82) is 0 Å². The molecule has 0 aromatic carbocycles. The Kier molecular flexibility index (Phi) is 3.81. The molecule has 0 spiro atoms. The van der Waals surface area contributed by atoms with Gasteiger partial charge in [0.05, 0.1) is 11.5 Å². The maximum atomic E-state index is 11.5. The van der Waals surface area contributed by atoms with E-state index in [1.807, 2.05) is 0 Å². The molecule has 1 saturated heterocycles. The molecule has 98 valence electrons.